The molecule has 2 nitrogen and oxygen atoms in total. The highest BCUT2D eigenvalue weighted by Crippen LogP contribution is 2.33. The van der Waals surface area contributed by atoms with Gasteiger partial charge in [-0.15, -0.1) is 0 Å². The fourth-order valence-corrected chi connectivity index (χ4v) is 1.09. The highest BCUT2D eigenvalue weighted by atomic mass is 19.4. The van der Waals surface area contributed by atoms with Crippen LogP contribution in [0.1, 0.15) is 12.8 Å². The maximum atomic E-state index is 12.0. The number of carbonyl (C=O) groups is 1. The number of hydrogen-bond acceptors (Lipinski definition) is 1. The van der Waals surface area contributed by atoms with Gasteiger partial charge in [-0.1, -0.05) is 17.7 Å². The van der Waals surface area contributed by atoms with Crippen molar-refractivity contribution in [2.24, 2.45) is 0 Å². The first kappa shape index (κ1) is 9.83. The van der Waals surface area contributed by atoms with Crippen LogP contribution in [0, 0.1) is 0 Å². The van der Waals surface area contributed by atoms with E-state index >= 15 is 0 Å². The molecule has 0 unspecified atom stereocenters. The van der Waals surface area contributed by atoms with Gasteiger partial charge in [0.2, 0.25) is 0 Å². The van der Waals surface area contributed by atoms with Crippen LogP contribution in [0.4, 0.5) is 13.2 Å². The van der Waals surface area contributed by atoms with E-state index in [2.05, 4.69) is 0 Å². The second-order valence-corrected chi connectivity index (χ2v) is 2.73. The zero-order valence-electron chi connectivity index (χ0n) is 6.56. The number of halogens is 3. The zero-order chi connectivity index (χ0) is 10.1. The van der Waals surface area contributed by atoms with E-state index in [0.29, 0.717) is 5.57 Å². The van der Waals surface area contributed by atoms with E-state index in [4.69, 9.17) is 5.11 Å². The standard InChI is InChI=1S/C8H7F3O2/c9-8(10,11)6-2-1-5(3-6)4-7(12)13/h2-3H,1,4H2,(H,12,13). The van der Waals surface area contributed by atoms with Crippen molar-refractivity contribution >= 4 is 5.97 Å². The molecule has 0 bridgehead atoms. The smallest absolute Gasteiger partial charge is 0.416 e. The van der Waals surface area contributed by atoms with E-state index in [-0.39, 0.29) is 12.8 Å². The van der Waals surface area contributed by atoms with Crippen LogP contribution < -0.4 is 0 Å². The molecule has 0 aliphatic heterocycles. The minimum atomic E-state index is -4.36. The first-order valence-electron chi connectivity index (χ1n) is 3.58. The van der Waals surface area contributed by atoms with Crippen molar-refractivity contribution < 1.29 is 23.1 Å². The molecule has 0 aromatic carbocycles. The number of rotatable bonds is 2. The third-order valence-electron chi connectivity index (χ3n) is 1.65. The van der Waals surface area contributed by atoms with Crippen molar-refractivity contribution in [2.75, 3.05) is 0 Å². The van der Waals surface area contributed by atoms with Gasteiger partial charge in [0.25, 0.3) is 0 Å². The Balaban J connectivity index is 2.66. The Morgan fingerprint density at radius 1 is 1.54 bits per heavy atom. The number of aliphatic carboxylic acids is 1. The second kappa shape index (κ2) is 3.24. The molecule has 5 heteroatoms. The van der Waals surface area contributed by atoms with Gasteiger partial charge in [-0.05, 0) is 6.42 Å². The number of carboxylic acids is 1. The van der Waals surface area contributed by atoms with E-state index in [1.165, 1.54) is 0 Å². The van der Waals surface area contributed by atoms with Crippen LogP contribution in [0.25, 0.3) is 0 Å². The van der Waals surface area contributed by atoms with Gasteiger partial charge in [-0.2, -0.15) is 13.2 Å². The van der Waals surface area contributed by atoms with E-state index < -0.39 is 17.7 Å². The van der Waals surface area contributed by atoms with E-state index in [0.717, 1.165) is 12.2 Å². The Hall–Kier alpha value is -1.26. The van der Waals surface area contributed by atoms with Crippen molar-refractivity contribution in [3.63, 3.8) is 0 Å². The molecular formula is C8H7F3O2. The van der Waals surface area contributed by atoms with Crippen LogP contribution in [0.3, 0.4) is 0 Å². The van der Waals surface area contributed by atoms with E-state index in [1.54, 1.807) is 0 Å². The average molecular weight is 192 g/mol. The van der Waals surface area contributed by atoms with Crippen molar-refractivity contribution in [3.8, 4) is 0 Å². The molecule has 0 atom stereocenters. The van der Waals surface area contributed by atoms with Crippen molar-refractivity contribution in [3.05, 3.63) is 23.3 Å². The minimum Gasteiger partial charge on any atom is -0.481 e. The topological polar surface area (TPSA) is 37.3 Å². The van der Waals surface area contributed by atoms with Crippen LogP contribution in [-0.4, -0.2) is 17.3 Å². The summed E-state index contributed by atoms with van der Waals surface area (Å²) < 4.78 is 36.0. The summed E-state index contributed by atoms with van der Waals surface area (Å²) in [7, 11) is 0. The first-order valence-corrected chi connectivity index (χ1v) is 3.58. The number of hydrogen-bond donors (Lipinski definition) is 1. The molecular weight excluding hydrogens is 185 g/mol. The maximum absolute atomic E-state index is 12.0. The lowest BCUT2D eigenvalue weighted by Gasteiger charge is -2.03. The lowest BCUT2D eigenvalue weighted by Crippen LogP contribution is -2.08. The second-order valence-electron chi connectivity index (χ2n) is 2.73. The molecule has 0 saturated heterocycles. The van der Waals surface area contributed by atoms with Gasteiger partial charge in [-0.3, -0.25) is 4.79 Å². The fraction of sp³-hybridized carbons (Fsp3) is 0.375. The predicted octanol–water partition coefficient (Wildman–Crippen LogP) is 2.28. The Labute approximate surface area is 72.4 Å². The predicted molar refractivity (Wildman–Crippen MR) is 39.1 cm³/mol. The molecule has 0 fully saturated rings. The lowest BCUT2D eigenvalue weighted by atomic mass is 10.2. The SMILES string of the molecule is O=C(O)CC1=CC(C(F)(F)F)=CC1. The number of allylic oxidation sites excluding steroid dienone is 3. The maximum Gasteiger partial charge on any atom is 0.416 e. The van der Waals surface area contributed by atoms with Crippen molar-refractivity contribution in [2.45, 2.75) is 19.0 Å². The average Bonchev–Trinajstić information content (AvgIpc) is 2.32. The van der Waals surface area contributed by atoms with Crippen molar-refractivity contribution in [1.29, 1.82) is 0 Å². The third-order valence-corrected chi connectivity index (χ3v) is 1.65. The van der Waals surface area contributed by atoms with Crippen LogP contribution in [-0.2, 0) is 4.79 Å². The van der Waals surface area contributed by atoms with Crippen LogP contribution in [0.15, 0.2) is 23.3 Å². The summed E-state index contributed by atoms with van der Waals surface area (Å²) >= 11 is 0. The van der Waals surface area contributed by atoms with Gasteiger partial charge in [0.15, 0.2) is 0 Å². The monoisotopic (exact) mass is 192 g/mol. The van der Waals surface area contributed by atoms with E-state index in [1.807, 2.05) is 0 Å². The van der Waals surface area contributed by atoms with Gasteiger partial charge < -0.3 is 5.11 Å². The summed E-state index contributed by atoms with van der Waals surface area (Å²) in [5, 5.41) is 8.32. The van der Waals surface area contributed by atoms with Gasteiger partial charge >= 0.3 is 12.1 Å². The molecule has 0 radical (unpaired) electrons. The van der Waals surface area contributed by atoms with Gasteiger partial charge in [0.1, 0.15) is 0 Å². The molecule has 0 aromatic rings. The normalized spacial score (nSPS) is 16.8. The van der Waals surface area contributed by atoms with Crippen LogP contribution in [0.2, 0.25) is 0 Å². The van der Waals surface area contributed by atoms with Crippen LogP contribution >= 0.6 is 0 Å². The van der Waals surface area contributed by atoms with Gasteiger partial charge in [-0.25, -0.2) is 0 Å². The molecule has 0 aromatic heterocycles. The van der Waals surface area contributed by atoms with Crippen molar-refractivity contribution in [1.82, 2.24) is 0 Å². The molecule has 0 amide bonds. The van der Waals surface area contributed by atoms with E-state index in [9.17, 15) is 18.0 Å². The summed E-state index contributed by atoms with van der Waals surface area (Å²) in [5.41, 5.74) is -0.455. The summed E-state index contributed by atoms with van der Waals surface area (Å²) in [6, 6.07) is 0. The first-order chi connectivity index (χ1) is 5.89. The molecule has 0 spiro atoms. The van der Waals surface area contributed by atoms with Crippen LogP contribution in [0.5, 0.6) is 0 Å². The Bertz CT molecular complexity index is 286. The Morgan fingerprint density at radius 3 is 2.54 bits per heavy atom. The molecule has 1 aliphatic carbocycles. The largest absolute Gasteiger partial charge is 0.481 e. The molecule has 0 saturated carbocycles. The quantitative estimate of drug-likeness (QED) is 0.728. The Morgan fingerprint density at radius 2 is 2.15 bits per heavy atom. The summed E-state index contributed by atoms with van der Waals surface area (Å²) in [6.45, 7) is 0. The molecule has 1 rings (SSSR count). The summed E-state index contributed by atoms with van der Waals surface area (Å²) in [4.78, 5) is 10.2. The minimum absolute atomic E-state index is 0.0845. The molecule has 13 heavy (non-hydrogen) atoms. The molecule has 0 heterocycles. The number of carboxylic acid groups (broad SMARTS) is 1. The highest BCUT2D eigenvalue weighted by molar-refractivity contribution is 5.70. The summed E-state index contributed by atoms with van der Waals surface area (Å²) in [5.74, 6) is -1.11. The lowest BCUT2D eigenvalue weighted by molar-refractivity contribution is -0.136. The van der Waals surface area contributed by atoms with Gasteiger partial charge in [0, 0.05) is 0 Å². The highest BCUT2D eigenvalue weighted by Gasteiger charge is 2.33. The molecule has 1 aliphatic rings. The Kier molecular flexibility index (Phi) is 2.45. The molecule has 1 N–H and O–H groups in total. The van der Waals surface area contributed by atoms with Gasteiger partial charge in [0.05, 0.1) is 12.0 Å². The number of alkyl halides is 3. The zero-order valence-corrected chi connectivity index (χ0v) is 6.56. The summed E-state index contributed by atoms with van der Waals surface area (Å²) in [6.07, 6.45) is -2.70. The fourth-order valence-electron chi connectivity index (χ4n) is 1.09. The third kappa shape index (κ3) is 2.61. The molecule has 72 valence electrons.